The second-order valence-electron chi connectivity index (χ2n) is 3.88. The predicted molar refractivity (Wildman–Crippen MR) is 67.6 cm³/mol. The molecule has 0 aromatic heterocycles. The summed E-state index contributed by atoms with van der Waals surface area (Å²) in [5.74, 6) is 1.69. The van der Waals surface area contributed by atoms with Crippen molar-refractivity contribution in [1.29, 1.82) is 0 Å². The molecule has 96 valence electrons. The quantitative estimate of drug-likeness (QED) is 0.703. The van der Waals surface area contributed by atoms with Crippen molar-refractivity contribution in [2.45, 2.75) is 18.9 Å². The van der Waals surface area contributed by atoms with Crippen LogP contribution in [0.25, 0.3) is 0 Å². The molecule has 17 heavy (non-hydrogen) atoms. The van der Waals surface area contributed by atoms with Gasteiger partial charge >= 0.3 is 0 Å². The Labute approximate surface area is 103 Å². The maximum atomic E-state index is 5.80. The van der Waals surface area contributed by atoms with Gasteiger partial charge in [0, 0.05) is 13.2 Å². The first-order chi connectivity index (χ1) is 8.26. The number of benzene rings is 1. The Morgan fingerprint density at radius 1 is 1.12 bits per heavy atom. The van der Waals surface area contributed by atoms with Gasteiger partial charge in [0.15, 0.2) is 0 Å². The largest absolute Gasteiger partial charge is 0.497 e. The highest BCUT2D eigenvalue weighted by atomic mass is 16.5. The van der Waals surface area contributed by atoms with Gasteiger partial charge in [-0.2, -0.15) is 0 Å². The third-order valence-electron chi connectivity index (χ3n) is 2.43. The van der Waals surface area contributed by atoms with Gasteiger partial charge < -0.3 is 19.9 Å². The van der Waals surface area contributed by atoms with Gasteiger partial charge in [-0.1, -0.05) is 0 Å². The summed E-state index contributed by atoms with van der Waals surface area (Å²) >= 11 is 0. The Balaban J connectivity index is 2.17. The minimum atomic E-state index is 0.0967. The summed E-state index contributed by atoms with van der Waals surface area (Å²) < 4.78 is 15.6. The highest BCUT2D eigenvalue weighted by Gasteiger charge is 2.01. The van der Waals surface area contributed by atoms with Crippen molar-refractivity contribution in [3.63, 3.8) is 0 Å². The summed E-state index contributed by atoms with van der Waals surface area (Å²) in [5, 5.41) is 0. The number of rotatable bonds is 8. The van der Waals surface area contributed by atoms with Crippen molar-refractivity contribution in [3.8, 4) is 11.5 Å². The molecule has 1 aromatic carbocycles. The molecule has 1 aromatic rings. The van der Waals surface area contributed by atoms with Gasteiger partial charge in [0.05, 0.1) is 20.3 Å². The predicted octanol–water partition coefficient (Wildman–Crippen LogP) is 1.83. The molecule has 0 saturated carbocycles. The fourth-order valence-electron chi connectivity index (χ4n) is 1.50. The first-order valence-electron chi connectivity index (χ1n) is 5.77. The van der Waals surface area contributed by atoms with Gasteiger partial charge in [0.25, 0.3) is 0 Å². The van der Waals surface area contributed by atoms with E-state index >= 15 is 0 Å². The molecule has 1 unspecified atom stereocenters. The molecule has 4 heteroatoms. The highest BCUT2D eigenvalue weighted by molar-refractivity contribution is 5.31. The van der Waals surface area contributed by atoms with Gasteiger partial charge in [0.2, 0.25) is 0 Å². The normalized spacial score (nSPS) is 12.2. The zero-order chi connectivity index (χ0) is 12.5. The second-order valence-corrected chi connectivity index (χ2v) is 3.88. The monoisotopic (exact) mass is 239 g/mol. The molecule has 0 bridgehead atoms. The van der Waals surface area contributed by atoms with Gasteiger partial charge in [-0.05, 0) is 37.1 Å². The van der Waals surface area contributed by atoms with Crippen LogP contribution < -0.4 is 15.2 Å². The van der Waals surface area contributed by atoms with Crippen LogP contribution >= 0.6 is 0 Å². The summed E-state index contributed by atoms with van der Waals surface area (Å²) in [4.78, 5) is 0. The summed E-state index contributed by atoms with van der Waals surface area (Å²) in [6.07, 6.45) is 1.83. The molecular weight excluding hydrogens is 218 g/mol. The van der Waals surface area contributed by atoms with Crippen LogP contribution in [-0.2, 0) is 4.74 Å². The number of ether oxygens (including phenoxy) is 3. The Kier molecular flexibility index (Phi) is 6.43. The fraction of sp³-hybridized carbons (Fsp3) is 0.538. The van der Waals surface area contributed by atoms with Crippen molar-refractivity contribution in [3.05, 3.63) is 24.3 Å². The summed E-state index contributed by atoms with van der Waals surface area (Å²) in [5.41, 5.74) is 5.80. The second kappa shape index (κ2) is 7.92. The lowest BCUT2D eigenvalue weighted by molar-refractivity contribution is 0.173. The average Bonchev–Trinajstić information content (AvgIpc) is 2.36. The number of nitrogens with two attached hydrogens (primary N) is 1. The molecule has 0 fully saturated rings. The van der Waals surface area contributed by atoms with E-state index in [4.69, 9.17) is 19.9 Å². The minimum Gasteiger partial charge on any atom is -0.497 e. The van der Waals surface area contributed by atoms with E-state index in [1.165, 1.54) is 0 Å². The third-order valence-corrected chi connectivity index (χ3v) is 2.43. The molecule has 0 saturated heterocycles. The molecule has 4 nitrogen and oxygen atoms in total. The minimum absolute atomic E-state index is 0.0967. The number of hydrogen-bond donors (Lipinski definition) is 1. The zero-order valence-electron chi connectivity index (χ0n) is 10.5. The van der Waals surface area contributed by atoms with Crippen LogP contribution in [0.1, 0.15) is 12.8 Å². The van der Waals surface area contributed by atoms with Crippen molar-refractivity contribution >= 4 is 0 Å². The molecular formula is C13H21NO3. The zero-order valence-corrected chi connectivity index (χ0v) is 10.5. The third kappa shape index (κ3) is 5.56. The lowest BCUT2D eigenvalue weighted by Gasteiger charge is -2.11. The molecule has 1 rings (SSSR count). The van der Waals surface area contributed by atoms with Crippen LogP contribution in [-0.4, -0.2) is 33.5 Å². The fourth-order valence-corrected chi connectivity index (χ4v) is 1.50. The molecule has 0 aliphatic heterocycles. The lowest BCUT2D eigenvalue weighted by atomic mass is 10.2. The van der Waals surface area contributed by atoms with Crippen LogP contribution in [0, 0.1) is 0 Å². The molecule has 0 aliphatic carbocycles. The van der Waals surface area contributed by atoms with Crippen LogP contribution in [0.2, 0.25) is 0 Å². The van der Waals surface area contributed by atoms with Gasteiger partial charge in [-0.25, -0.2) is 0 Å². The average molecular weight is 239 g/mol. The maximum Gasteiger partial charge on any atom is 0.119 e. The number of hydrogen-bond acceptors (Lipinski definition) is 4. The molecule has 0 aliphatic rings. The van der Waals surface area contributed by atoms with Crippen LogP contribution in [0.5, 0.6) is 11.5 Å². The van der Waals surface area contributed by atoms with Gasteiger partial charge in [-0.3, -0.25) is 0 Å². The van der Waals surface area contributed by atoms with Crippen molar-refractivity contribution < 1.29 is 14.2 Å². The van der Waals surface area contributed by atoms with E-state index in [9.17, 15) is 0 Å². The summed E-state index contributed by atoms with van der Waals surface area (Å²) in [6, 6.07) is 7.65. The van der Waals surface area contributed by atoms with E-state index in [-0.39, 0.29) is 6.04 Å². The Morgan fingerprint density at radius 2 is 1.76 bits per heavy atom. The van der Waals surface area contributed by atoms with E-state index < -0.39 is 0 Å². The Hall–Kier alpha value is -1.26. The van der Waals surface area contributed by atoms with Crippen LogP contribution in [0.3, 0.4) is 0 Å². The van der Waals surface area contributed by atoms with E-state index in [0.29, 0.717) is 13.2 Å². The van der Waals surface area contributed by atoms with Crippen LogP contribution in [0.4, 0.5) is 0 Å². The highest BCUT2D eigenvalue weighted by Crippen LogP contribution is 2.17. The lowest BCUT2D eigenvalue weighted by Crippen LogP contribution is -2.25. The molecule has 0 radical (unpaired) electrons. The van der Waals surface area contributed by atoms with Gasteiger partial charge in [0.1, 0.15) is 11.5 Å². The first kappa shape index (κ1) is 13.8. The van der Waals surface area contributed by atoms with E-state index in [1.54, 1.807) is 14.2 Å². The Bertz CT molecular complexity index is 300. The van der Waals surface area contributed by atoms with E-state index in [1.807, 2.05) is 24.3 Å². The first-order valence-corrected chi connectivity index (χ1v) is 5.77. The molecule has 1 atom stereocenters. The van der Waals surface area contributed by atoms with Crippen LogP contribution in [0.15, 0.2) is 24.3 Å². The SMILES string of the molecule is COCC(N)CCCOc1ccc(OC)cc1. The van der Waals surface area contributed by atoms with E-state index in [0.717, 1.165) is 24.3 Å². The number of methoxy groups -OCH3 is 2. The topological polar surface area (TPSA) is 53.7 Å². The molecule has 2 N–H and O–H groups in total. The molecule has 0 spiro atoms. The Morgan fingerprint density at radius 3 is 2.35 bits per heavy atom. The van der Waals surface area contributed by atoms with Gasteiger partial charge in [-0.15, -0.1) is 0 Å². The molecule has 0 heterocycles. The van der Waals surface area contributed by atoms with Crippen molar-refractivity contribution in [2.24, 2.45) is 5.73 Å². The summed E-state index contributed by atoms with van der Waals surface area (Å²) in [6.45, 7) is 1.27. The smallest absolute Gasteiger partial charge is 0.119 e. The van der Waals surface area contributed by atoms with E-state index in [2.05, 4.69) is 0 Å². The maximum absolute atomic E-state index is 5.80. The molecule has 0 amide bonds. The van der Waals surface area contributed by atoms with Crippen molar-refractivity contribution in [1.82, 2.24) is 0 Å². The van der Waals surface area contributed by atoms with Crippen molar-refractivity contribution in [2.75, 3.05) is 27.4 Å². The summed E-state index contributed by atoms with van der Waals surface area (Å²) in [7, 11) is 3.31. The standard InChI is InChI=1S/C13H21NO3/c1-15-10-11(14)4-3-9-17-13-7-5-12(16-2)6-8-13/h5-8,11H,3-4,9-10,14H2,1-2H3.